The van der Waals surface area contributed by atoms with Gasteiger partial charge in [0.2, 0.25) is 5.54 Å². The van der Waals surface area contributed by atoms with Crippen LogP contribution in [0.25, 0.3) is 0 Å². The lowest BCUT2D eigenvalue weighted by Gasteiger charge is -2.28. The van der Waals surface area contributed by atoms with Crippen LogP contribution in [0.3, 0.4) is 0 Å². The third-order valence-corrected chi connectivity index (χ3v) is 2.84. The SMILES string of the molecule is Cc1cccc(C(=O)NC(C)(C(=O)O)C(F)(F)F)c1O. The molecule has 0 saturated heterocycles. The highest BCUT2D eigenvalue weighted by molar-refractivity contribution is 6.00. The minimum atomic E-state index is -5.19. The summed E-state index contributed by atoms with van der Waals surface area (Å²) in [5.41, 5.74) is -3.59. The zero-order valence-corrected chi connectivity index (χ0v) is 10.6. The molecule has 0 heterocycles. The molecule has 0 bridgehead atoms. The van der Waals surface area contributed by atoms with Crippen molar-refractivity contribution in [1.82, 2.24) is 5.32 Å². The van der Waals surface area contributed by atoms with Gasteiger partial charge in [-0.3, -0.25) is 4.79 Å². The largest absolute Gasteiger partial charge is 0.507 e. The van der Waals surface area contributed by atoms with E-state index in [4.69, 9.17) is 5.11 Å². The Labute approximate surface area is 112 Å². The van der Waals surface area contributed by atoms with E-state index in [1.54, 1.807) is 0 Å². The van der Waals surface area contributed by atoms with Crippen molar-refractivity contribution in [2.75, 3.05) is 0 Å². The zero-order valence-electron chi connectivity index (χ0n) is 10.6. The maximum absolute atomic E-state index is 12.8. The third kappa shape index (κ3) is 2.68. The fourth-order valence-corrected chi connectivity index (χ4v) is 1.38. The average Bonchev–Trinajstić information content (AvgIpc) is 2.30. The number of benzene rings is 1. The Morgan fingerprint density at radius 2 is 1.80 bits per heavy atom. The highest BCUT2D eigenvalue weighted by Crippen LogP contribution is 2.31. The molecule has 0 spiro atoms. The number of amides is 1. The molecule has 0 aliphatic heterocycles. The first-order valence-electron chi connectivity index (χ1n) is 5.42. The first-order valence-corrected chi connectivity index (χ1v) is 5.42. The number of aromatic hydroxyl groups is 1. The Morgan fingerprint density at radius 3 is 2.25 bits per heavy atom. The van der Waals surface area contributed by atoms with Crippen LogP contribution >= 0.6 is 0 Å². The molecule has 3 N–H and O–H groups in total. The molecule has 0 radical (unpaired) electrons. The number of carbonyl (C=O) groups is 2. The van der Waals surface area contributed by atoms with Gasteiger partial charge in [0.25, 0.3) is 5.91 Å². The predicted molar refractivity (Wildman–Crippen MR) is 62.4 cm³/mol. The summed E-state index contributed by atoms with van der Waals surface area (Å²) in [6, 6.07) is 3.90. The summed E-state index contributed by atoms with van der Waals surface area (Å²) >= 11 is 0. The molecule has 1 atom stereocenters. The van der Waals surface area contributed by atoms with Crippen molar-refractivity contribution in [1.29, 1.82) is 0 Å². The van der Waals surface area contributed by atoms with E-state index in [1.807, 2.05) is 0 Å². The van der Waals surface area contributed by atoms with E-state index in [0.29, 0.717) is 6.92 Å². The molecule has 1 aromatic carbocycles. The van der Waals surface area contributed by atoms with Crippen LogP contribution in [0.15, 0.2) is 18.2 Å². The van der Waals surface area contributed by atoms with Crippen molar-refractivity contribution < 1.29 is 33.0 Å². The molecule has 8 heteroatoms. The van der Waals surface area contributed by atoms with Crippen molar-refractivity contribution >= 4 is 11.9 Å². The number of nitrogens with one attached hydrogen (secondary N) is 1. The van der Waals surface area contributed by atoms with Crippen molar-refractivity contribution in [3.63, 3.8) is 0 Å². The topological polar surface area (TPSA) is 86.6 Å². The second-order valence-electron chi connectivity index (χ2n) is 4.35. The molecule has 5 nitrogen and oxygen atoms in total. The van der Waals surface area contributed by atoms with E-state index in [-0.39, 0.29) is 5.56 Å². The highest BCUT2D eigenvalue weighted by atomic mass is 19.4. The molecular formula is C12H12F3NO4. The number of aliphatic carboxylic acids is 1. The quantitative estimate of drug-likeness (QED) is 0.793. The average molecular weight is 291 g/mol. The van der Waals surface area contributed by atoms with Gasteiger partial charge in [-0.2, -0.15) is 13.2 Å². The van der Waals surface area contributed by atoms with Gasteiger partial charge in [0.05, 0.1) is 5.56 Å². The lowest BCUT2D eigenvalue weighted by atomic mass is 10.0. The molecule has 0 fully saturated rings. The van der Waals surface area contributed by atoms with Crippen molar-refractivity contribution in [2.24, 2.45) is 0 Å². The van der Waals surface area contributed by atoms with Gasteiger partial charge in [-0.25, -0.2) is 4.79 Å². The summed E-state index contributed by atoms with van der Waals surface area (Å²) in [6.07, 6.45) is -5.19. The van der Waals surface area contributed by atoms with Gasteiger partial charge >= 0.3 is 12.1 Å². The summed E-state index contributed by atoms with van der Waals surface area (Å²) in [5, 5.41) is 19.7. The summed E-state index contributed by atoms with van der Waals surface area (Å²) < 4.78 is 38.3. The van der Waals surface area contributed by atoms with Crippen LogP contribution in [0, 0.1) is 6.92 Å². The second-order valence-corrected chi connectivity index (χ2v) is 4.35. The number of halogens is 3. The van der Waals surface area contributed by atoms with Gasteiger partial charge in [0, 0.05) is 0 Å². The van der Waals surface area contributed by atoms with Crippen LogP contribution in [-0.4, -0.2) is 33.8 Å². The van der Waals surface area contributed by atoms with Crippen LogP contribution in [0.5, 0.6) is 5.75 Å². The standard InChI is InChI=1S/C12H12F3NO4/c1-6-4-3-5-7(8(6)17)9(18)16-11(2,10(19)20)12(13,14)15/h3-5,17H,1-2H3,(H,16,18)(H,19,20). The molecule has 20 heavy (non-hydrogen) atoms. The Hall–Kier alpha value is -2.25. The number of alkyl halides is 3. The molecule has 0 aromatic heterocycles. The summed E-state index contributed by atoms with van der Waals surface area (Å²) in [5.74, 6) is -4.07. The smallest absolute Gasteiger partial charge is 0.422 e. The van der Waals surface area contributed by atoms with E-state index in [0.717, 1.165) is 6.07 Å². The zero-order chi connectivity index (χ0) is 15.7. The monoisotopic (exact) mass is 291 g/mol. The predicted octanol–water partition coefficient (Wildman–Crippen LogP) is 1.84. The van der Waals surface area contributed by atoms with E-state index in [2.05, 4.69) is 0 Å². The van der Waals surface area contributed by atoms with Crippen LogP contribution in [0.4, 0.5) is 13.2 Å². The molecule has 1 rings (SSSR count). The lowest BCUT2D eigenvalue weighted by Crippen LogP contribution is -2.61. The highest BCUT2D eigenvalue weighted by Gasteiger charge is 2.58. The van der Waals surface area contributed by atoms with Gasteiger partial charge in [-0.15, -0.1) is 0 Å². The first kappa shape index (κ1) is 15.8. The van der Waals surface area contributed by atoms with Crippen LogP contribution in [-0.2, 0) is 4.79 Å². The summed E-state index contributed by atoms with van der Waals surface area (Å²) in [6.45, 7) is 1.78. The van der Waals surface area contributed by atoms with E-state index < -0.39 is 34.9 Å². The summed E-state index contributed by atoms with van der Waals surface area (Å²) in [7, 11) is 0. The number of hydrogen-bond donors (Lipinski definition) is 3. The van der Waals surface area contributed by atoms with E-state index >= 15 is 0 Å². The fraction of sp³-hybridized carbons (Fsp3) is 0.333. The number of phenols is 1. The minimum Gasteiger partial charge on any atom is -0.507 e. The van der Waals surface area contributed by atoms with Crippen molar-refractivity contribution in [2.45, 2.75) is 25.6 Å². The maximum Gasteiger partial charge on any atom is 0.422 e. The van der Waals surface area contributed by atoms with E-state index in [9.17, 15) is 27.9 Å². The third-order valence-electron chi connectivity index (χ3n) is 2.84. The number of carbonyl (C=O) groups excluding carboxylic acids is 1. The Morgan fingerprint density at radius 1 is 1.25 bits per heavy atom. The normalized spacial score (nSPS) is 14.4. The van der Waals surface area contributed by atoms with E-state index in [1.165, 1.54) is 24.4 Å². The number of rotatable bonds is 3. The van der Waals surface area contributed by atoms with Gasteiger partial charge < -0.3 is 15.5 Å². The molecule has 110 valence electrons. The number of carboxylic acid groups (broad SMARTS) is 1. The van der Waals surface area contributed by atoms with Crippen molar-refractivity contribution in [3.8, 4) is 5.75 Å². The maximum atomic E-state index is 12.8. The second kappa shape index (κ2) is 5.03. The number of para-hydroxylation sites is 1. The van der Waals surface area contributed by atoms with Crippen LogP contribution < -0.4 is 5.32 Å². The molecular weight excluding hydrogens is 279 g/mol. The molecule has 0 aliphatic carbocycles. The minimum absolute atomic E-state index is 0.279. The molecule has 1 amide bonds. The molecule has 1 aromatic rings. The van der Waals surface area contributed by atoms with Crippen molar-refractivity contribution in [3.05, 3.63) is 29.3 Å². The molecule has 1 unspecified atom stereocenters. The Balaban J connectivity index is 3.17. The first-order chi connectivity index (χ1) is 9.00. The number of aryl methyl sites for hydroxylation is 1. The lowest BCUT2D eigenvalue weighted by molar-refractivity contribution is -0.203. The molecule has 0 saturated carbocycles. The van der Waals surface area contributed by atoms with Gasteiger partial charge in [0.1, 0.15) is 5.75 Å². The van der Waals surface area contributed by atoms with Gasteiger partial charge in [-0.05, 0) is 25.5 Å². The van der Waals surface area contributed by atoms with Gasteiger partial charge in [-0.1, -0.05) is 12.1 Å². The number of hydrogen-bond acceptors (Lipinski definition) is 3. The molecule has 0 aliphatic rings. The Kier molecular flexibility index (Phi) is 3.97. The summed E-state index contributed by atoms with van der Waals surface area (Å²) in [4.78, 5) is 22.5. The Bertz CT molecular complexity index is 556. The van der Waals surface area contributed by atoms with Gasteiger partial charge in [0.15, 0.2) is 0 Å². The van der Waals surface area contributed by atoms with Crippen LogP contribution in [0.1, 0.15) is 22.8 Å². The number of carboxylic acids is 1. The number of phenolic OH excluding ortho intramolecular Hbond substituents is 1. The van der Waals surface area contributed by atoms with Crippen LogP contribution in [0.2, 0.25) is 0 Å². The fourth-order valence-electron chi connectivity index (χ4n) is 1.38.